The van der Waals surface area contributed by atoms with Crippen molar-refractivity contribution in [1.29, 1.82) is 0 Å². The van der Waals surface area contributed by atoms with E-state index in [0.717, 1.165) is 17.9 Å². The van der Waals surface area contributed by atoms with E-state index < -0.39 is 0 Å². The van der Waals surface area contributed by atoms with Gasteiger partial charge < -0.3 is 5.32 Å². The Morgan fingerprint density at radius 2 is 2.07 bits per heavy atom. The van der Waals surface area contributed by atoms with Gasteiger partial charge >= 0.3 is 0 Å². The summed E-state index contributed by atoms with van der Waals surface area (Å²) < 4.78 is 0. The Morgan fingerprint density at radius 3 is 2.64 bits per heavy atom. The number of anilines is 1. The third-order valence-corrected chi connectivity index (χ3v) is 2.20. The van der Waals surface area contributed by atoms with Crippen LogP contribution in [0, 0.1) is 12.3 Å². The van der Waals surface area contributed by atoms with E-state index in [-0.39, 0.29) is 0 Å². The first-order chi connectivity index (χ1) is 6.49. The zero-order valence-corrected chi connectivity index (χ0v) is 9.59. The summed E-state index contributed by atoms with van der Waals surface area (Å²) >= 11 is 0. The molecule has 0 fully saturated rings. The Labute approximate surface area is 86.8 Å². The monoisotopic (exact) mass is 192 g/mol. The highest BCUT2D eigenvalue weighted by molar-refractivity contribution is 5.46. The predicted octanol–water partition coefficient (Wildman–Crippen LogP) is 3.24. The summed E-state index contributed by atoms with van der Waals surface area (Å²) in [7, 11) is 0. The van der Waals surface area contributed by atoms with E-state index in [9.17, 15) is 0 Å². The van der Waals surface area contributed by atoms with Crippen LogP contribution in [0.4, 0.5) is 5.69 Å². The van der Waals surface area contributed by atoms with E-state index in [0.29, 0.717) is 5.41 Å². The summed E-state index contributed by atoms with van der Waals surface area (Å²) in [5.74, 6) is 0. The molecule has 0 saturated carbocycles. The number of rotatable bonds is 3. The molecule has 78 valence electrons. The van der Waals surface area contributed by atoms with Crippen molar-refractivity contribution < 1.29 is 0 Å². The largest absolute Gasteiger partial charge is 0.384 e. The fourth-order valence-electron chi connectivity index (χ4n) is 1.24. The molecule has 2 nitrogen and oxygen atoms in total. The van der Waals surface area contributed by atoms with E-state index >= 15 is 0 Å². The Balaban J connectivity index is 2.43. The smallest absolute Gasteiger partial charge is 0.0603 e. The Bertz CT molecular complexity index is 287. The summed E-state index contributed by atoms with van der Waals surface area (Å²) in [5, 5.41) is 3.41. The number of pyridine rings is 1. The molecule has 0 radical (unpaired) electrons. The van der Waals surface area contributed by atoms with Gasteiger partial charge in [0, 0.05) is 12.7 Å². The van der Waals surface area contributed by atoms with Crippen LogP contribution in [-0.2, 0) is 0 Å². The first-order valence-corrected chi connectivity index (χ1v) is 5.14. The predicted molar refractivity (Wildman–Crippen MR) is 61.5 cm³/mol. The van der Waals surface area contributed by atoms with Crippen LogP contribution in [0.5, 0.6) is 0 Å². The van der Waals surface area contributed by atoms with Gasteiger partial charge in [0.15, 0.2) is 0 Å². The number of aromatic nitrogens is 1. The van der Waals surface area contributed by atoms with Crippen molar-refractivity contribution in [2.24, 2.45) is 5.41 Å². The van der Waals surface area contributed by atoms with Gasteiger partial charge in [-0.05, 0) is 30.9 Å². The molecule has 0 aromatic carbocycles. The summed E-state index contributed by atoms with van der Waals surface area (Å²) in [6.45, 7) is 9.80. The molecule has 14 heavy (non-hydrogen) atoms. The summed E-state index contributed by atoms with van der Waals surface area (Å²) in [6.07, 6.45) is 2.99. The molecular formula is C12H20N2. The van der Waals surface area contributed by atoms with Gasteiger partial charge in [0.1, 0.15) is 0 Å². The molecule has 0 aliphatic heterocycles. The molecule has 1 aromatic heterocycles. The van der Waals surface area contributed by atoms with Gasteiger partial charge in [0.05, 0.1) is 11.4 Å². The van der Waals surface area contributed by atoms with Gasteiger partial charge in [-0.15, -0.1) is 0 Å². The van der Waals surface area contributed by atoms with Crippen LogP contribution in [0.25, 0.3) is 0 Å². The van der Waals surface area contributed by atoms with Crippen LogP contribution in [0.3, 0.4) is 0 Å². The molecule has 0 atom stereocenters. The van der Waals surface area contributed by atoms with Crippen molar-refractivity contribution in [3.05, 3.63) is 24.0 Å². The second-order valence-electron chi connectivity index (χ2n) is 4.87. The fraction of sp³-hybridized carbons (Fsp3) is 0.583. The molecule has 1 aromatic rings. The Kier molecular flexibility index (Phi) is 3.50. The molecular weight excluding hydrogens is 172 g/mol. The molecule has 1 N–H and O–H groups in total. The van der Waals surface area contributed by atoms with Crippen LogP contribution in [-0.4, -0.2) is 11.5 Å². The number of hydrogen-bond donors (Lipinski definition) is 1. The number of aryl methyl sites for hydroxylation is 1. The van der Waals surface area contributed by atoms with E-state index in [4.69, 9.17) is 0 Å². The van der Waals surface area contributed by atoms with Crippen molar-refractivity contribution in [3.8, 4) is 0 Å². The van der Waals surface area contributed by atoms with Crippen molar-refractivity contribution in [2.45, 2.75) is 34.1 Å². The quantitative estimate of drug-likeness (QED) is 0.795. The van der Waals surface area contributed by atoms with Crippen molar-refractivity contribution in [3.63, 3.8) is 0 Å². The highest BCUT2D eigenvalue weighted by Gasteiger charge is 2.09. The minimum Gasteiger partial charge on any atom is -0.384 e. The molecule has 0 saturated heterocycles. The minimum absolute atomic E-state index is 0.392. The summed E-state index contributed by atoms with van der Waals surface area (Å²) in [6, 6.07) is 4.04. The molecule has 1 heterocycles. The topological polar surface area (TPSA) is 24.9 Å². The first-order valence-electron chi connectivity index (χ1n) is 5.14. The molecule has 0 aliphatic carbocycles. The second-order valence-corrected chi connectivity index (χ2v) is 4.87. The first kappa shape index (κ1) is 11.0. The normalized spacial score (nSPS) is 11.4. The molecule has 1 rings (SSSR count). The number of nitrogens with zero attached hydrogens (tertiary/aromatic N) is 1. The Morgan fingerprint density at radius 1 is 1.36 bits per heavy atom. The molecule has 0 aliphatic rings. The lowest BCUT2D eigenvalue weighted by atomic mass is 9.92. The lowest BCUT2D eigenvalue weighted by Gasteiger charge is -2.18. The zero-order valence-electron chi connectivity index (χ0n) is 9.59. The lowest BCUT2D eigenvalue weighted by Crippen LogP contribution is -2.13. The lowest BCUT2D eigenvalue weighted by molar-refractivity contribution is 0.390. The molecule has 2 heteroatoms. The third-order valence-electron chi connectivity index (χ3n) is 2.20. The van der Waals surface area contributed by atoms with E-state index in [1.165, 1.54) is 6.42 Å². The maximum atomic E-state index is 4.23. The van der Waals surface area contributed by atoms with E-state index in [1.54, 1.807) is 0 Å². The van der Waals surface area contributed by atoms with Crippen molar-refractivity contribution >= 4 is 5.69 Å². The highest BCUT2D eigenvalue weighted by atomic mass is 14.9. The standard InChI is InChI=1S/C12H20N2/c1-10-11(6-5-8-13-10)14-9-7-12(2,3)4/h5-6,8,14H,7,9H2,1-4H3. The van der Waals surface area contributed by atoms with E-state index in [1.807, 2.05) is 19.2 Å². The molecule has 0 amide bonds. The number of nitrogens with one attached hydrogen (secondary N) is 1. The molecule has 0 bridgehead atoms. The maximum Gasteiger partial charge on any atom is 0.0603 e. The van der Waals surface area contributed by atoms with Gasteiger partial charge in [-0.25, -0.2) is 0 Å². The van der Waals surface area contributed by atoms with Crippen LogP contribution < -0.4 is 5.32 Å². The van der Waals surface area contributed by atoms with Crippen LogP contribution >= 0.6 is 0 Å². The van der Waals surface area contributed by atoms with Gasteiger partial charge in [-0.2, -0.15) is 0 Å². The SMILES string of the molecule is Cc1ncccc1NCCC(C)(C)C. The summed E-state index contributed by atoms with van der Waals surface area (Å²) in [5.41, 5.74) is 2.61. The van der Waals surface area contributed by atoms with Gasteiger partial charge in [0.25, 0.3) is 0 Å². The fourth-order valence-corrected chi connectivity index (χ4v) is 1.24. The average Bonchev–Trinajstić information content (AvgIpc) is 2.06. The van der Waals surface area contributed by atoms with E-state index in [2.05, 4.69) is 37.1 Å². The van der Waals surface area contributed by atoms with Gasteiger partial charge in [-0.1, -0.05) is 20.8 Å². The van der Waals surface area contributed by atoms with Gasteiger partial charge in [-0.3, -0.25) is 4.98 Å². The molecule has 0 spiro atoms. The van der Waals surface area contributed by atoms with Gasteiger partial charge in [0.2, 0.25) is 0 Å². The number of hydrogen-bond acceptors (Lipinski definition) is 2. The third kappa shape index (κ3) is 3.77. The minimum atomic E-state index is 0.392. The van der Waals surface area contributed by atoms with Crippen LogP contribution in [0.2, 0.25) is 0 Å². The maximum absolute atomic E-state index is 4.23. The summed E-state index contributed by atoms with van der Waals surface area (Å²) in [4.78, 5) is 4.23. The van der Waals surface area contributed by atoms with Crippen molar-refractivity contribution in [1.82, 2.24) is 4.98 Å². The molecule has 0 unspecified atom stereocenters. The van der Waals surface area contributed by atoms with Crippen molar-refractivity contribution in [2.75, 3.05) is 11.9 Å². The Hall–Kier alpha value is -1.05. The second kappa shape index (κ2) is 4.45. The van der Waals surface area contributed by atoms with Crippen LogP contribution in [0.15, 0.2) is 18.3 Å². The average molecular weight is 192 g/mol. The highest BCUT2D eigenvalue weighted by Crippen LogP contribution is 2.19. The zero-order chi connectivity index (χ0) is 10.6. The van der Waals surface area contributed by atoms with Crippen LogP contribution in [0.1, 0.15) is 32.9 Å².